The molecule has 1 unspecified atom stereocenters. The fourth-order valence-corrected chi connectivity index (χ4v) is 5.67. The molecule has 0 saturated carbocycles. The Labute approximate surface area is 219 Å². The van der Waals surface area contributed by atoms with Crippen LogP contribution in [0, 0.1) is 13.8 Å². The van der Waals surface area contributed by atoms with Crippen LogP contribution in [0.25, 0.3) is 0 Å². The number of unbranched alkanes of at least 4 members (excludes halogenated alkanes) is 9. The van der Waals surface area contributed by atoms with Gasteiger partial charge in [0.2, 0.25) is 0 Å². The van der Waals surface area contributed by atoms with Crippen molar-refractivity contribution in [2.24, 2.45) is 0 Å². The Hall–Kier alpha value is -2.36. The topological polar surface area (TPSA) is 58.9 Å². The van der Waals surface area contributed by atoms with Crippen molar-refractivity contribution in [3.05, 3.63) is 46.5 Å². The first-order valence-corrected chi connectivity index (χ1v) is 14.1. The number of rotatable bonds is 13. The second kappa shape index (κ2) is 12.3. The first kappa shape index (κ1) is 28.2. The van der Waals surface area contributed by atoms with Gasteiger partial charge in [-0.05, 0) is 68.0 Å². The van der Waals surface area contributed by atoms with Crippen molar-refractivity contribution in [3.63, 3.8) is 0 Å². The Balaban J connectivity index is 1.61. The zero-order chi connectivity index (χ0) is 26.3. The number of hydrogen-bond donors (Lipinski definition) is 2. The van der Waals surface area contributed by atoms with E-state index >= 15 is 0 Å². The lowest BCUT2D eigenvalue weighted by molar-refractivity contribution is 0.0299. The van der Waals surface area contributed by atoms with Crippen molar-refractivity contribution in [1.29, 1.82) is 0 Å². The molecule has 0 spiro atoms. The number of aromatic hydroxyl groups is 2. The third kappa shape index (κ3) is 6.89. The standard InChI is InChI=1S/C32H48O4/c1-7-8-9-10-11-12-13-14-15-16-17-35-29-21-25(28(34)18-24(29)3)32(6)22-31(4,5)26-20-27(33)23(2)19-30(26)36-32/h18-21,33-34H,7-17,22H2,1-6H3. The monoisotopic (exact) mass is 496 g/mol. The highest BCUT2D eigenvalue weighted by Gasteiger charge is 2.45. The van der Waals surface area contributed by atoms with Crippen LogP contribution >= 0.6 is 0 Å². The summed E-state index contributed by atoms with van der Waals surface area (Å²) in [4.78, 5) is 0. The molecule has 0 fully saturated rings. The third-order valence-corrected chi connectivity index (χ3v) is 7.76. The van der Waals surface area contributed by atoms with Crippen molar-refractivity contribution >= 4 is 0 Å². The van der Waals surface area contributed by atoms with Gasteiger partial charge in [0.1, 0.15) is 28.6 Å². The minimum absolute atomic E-state index is 0.232. The van der Waals surface area contributed by atoms with Gasteiger partial charge < -0.3 is 19.7 Å². The molecule has 0 aromatic heterocycles. The molecule has 0 saturated heterocycles. The van der Waals surface area contributed by atoms with E-state index in [-0.39, 0.29) is 16.9 Å². The number of aryl methyl sites for hydroxylation is 2. The first-order valence-electron chi connectivity index (χ1n) is 14.1. The van der Waals surface area contributed by atoms with E-state index in [1.165, 1.54) is 57.8 Å². The Kier molecular flexibility index (Phi) is 9.60. The van der Waals surface area contributed by atoms with Gasteiger partial charge >= 0.3 is 0 Å². The number of fused-ring (bicyclic) bond motifs is 1. The maximum Gasteiger partial charge on any atom is 0.136 e. The van der Waals surface area contributed by atoms with Gasteiger partial charge in [0.15, 0.2) is 0 Å². The molecule has 1 atom stereocenters. The van der Waals surface area contributed by atoms with Crippen LogP contribution in [0.1, 0.15) is 121 Å². The molecule has 3 rings (SSSR count). The zero-order valence-corrected chi connectivity index (χ0v) is 23.5. The Morgan fingerprint density at radius 2 is 1.36 bits per heavy atom. The van der Waals surface area contributed by atoms with E-state index in [9.17, 15) is 10.2 Å². The number of phenolic OH excluding ortho intramolecular Hbond substituents is 2. The Bertz CT molecular complexity index is 1010. The van der Waals surface area contributed by atoms with Gasteiger partial charge in [0.25, 0.3) is 0 Å². The SMILES string of the molecule is CCCCCCCCCCCCOc1cc(C2(C)CC(C)(C)c3cc(O)c(C)cc3O2)c(O)cc1C. The van der Waals surface area contributed by atoms with E-state index in [1.54, 1.807) is 6.07 Å². The molecule has 4 nitrogen and oxygen atoms in total. The number of benzene rings is 2. The van der Waals surface area contributed by atoms with Gasteiger partial charge in [0, 0.05) is 17.5 Å². The number of hydrogen-bond acceptors (Lipinski definition) is 4. The van der Waals surface area contributed by atoms with Gasteiger partial charge in [0.05, 0.1) is 6.61 Å². The molecule has 2 aromatic rings. The minimum Gasteiger partial charge on any atom is -0.508 e. The molecule has 2 aromatic carbocycles. The first-order chi connectivity index (χ1) is 17.1. The molecular weight excluding hydrogens is 448 g/mol. The summed E-state index contributed by atoms with van der Waals surface area (Å²) in [7, 11) is 0. The van der Waals surface area contributed by atoms with Crippen LogP contribution in [0.2, 0.25) is 0 Å². The molecular formula is C32H48O4. The summed E-state index contributed by atoms with van der Waals surface area (Å²) in [6, 6.07) is 7.48. The van der Waals surface area contributed by atoms with Crippen molar-refractivity contribution in [1.82, 2.24) is 0 Å². The van der Waals surface area contributed by atoms with E-state index in [1.807, 2.05) is 39.0 Å². The van der Waals surface area contributed by atoms with Crippen molar-refractivity contribution in [2.45, 2.75) is 123 Å². The van der Waals surface area contributed by atoms with E-state index in [4.69, 9.17) is 9.47 Å². The van der Waals surface area contributed by atoms with Crippen LogP contribution < -0.4 is 9.47 Å². The highest BCUT2D eigenvalue weighted by Crippen LogP contribution is 2.52. The number of ether oxygens (including phenoxy) is 2. The van der Waals surface area contributed by atoms with Crippen LogP contribution in [0.3, 0.4) is 0 Å². The smallest absolute Gasteiger partial charge is 0.136 e. The molecule has 1 heterocycles. The fraction of sp³-hybridized carbons (Fsp3) is 0.625. The lowest BCUT2D eigenvalue weighted by Crippen LogP contribution is -2.41. The minimum atomic E-state index is -0.715. The molecule has 0 amide bonds. The van der Waals surface area contributed by atoms with Crippen LogP contribution in [-0.2, 0) is 11.0 Å². The third-order valence-electron chi connectivity index (χ3n) is 7.76. The lowest BCUT2D eigenvalue weighted by Gasteiger charge is -2.45. The van der Waals surface area contributed by atoms with Gasteiger partial charge in [-0.3, -0.25) is 0 Å². The second-order valence-electron chi connectivity index (χ2n) is 11.7. The summed E-state index contributed by atoms with van der Waals surface area (Å²) in [5.74, 6) is 2.09. The highest BCUT2D eigenvalue weighted by molar-refractivity contribution is 5.53. The Morgan fingerprint density at radius 1 is 0.750 bits per heavy atom. The average Bonchev–Trinajstić information content (AvgIpc) is 2.79. The molecule has 36 heavy (non-hydrogen) atoms. The van der Waals surface area contributed by atoms with Gasteiger partial charge in [-0.15, -0.1) is 0 Å². The maximum atomic E-state index is 10.9. The molecule has 1 aliphatic heterocycles. The fourth-order valence-electron chi connectivity index (χ4n) is 5.67. The van der Waals surface area contributed by atoms with Crippen molar-refractivity contribution in [3.8, 4) is 23.0 Å². The molecule has 2 N–H and O–H groups in total. The molecule has 4 heteroatoms. The molecule has 1 aliphatic rings. The predicted molar refractivity (Wildman–Crippen MR) is 149 cm³/mol. The van der Waals surface area contributed by atoms with E-state index in [2.05, 4.69) is 20.8 Å². The highest BCUT2D eigenvalue weighted by atomic mass is 16.5. The van der Waals surface area contributed by atoms with Crippen LogP contribution in [0.15, 0.2) is 24.3 Å². The van der Waals surface area contributed by atoms with Crippen LogP contribution in [0.5, 0.6) is 23.0 Å². The largest absolute Gasteiger partial charge is 0.508 e. The van der Waals surface area contributed by atoms with Gasteiger partial charge in [-0.2, -0.15) is 0 Å². The molecule has 0 bridgehead atoms. The van der Waals surface area contributed by atoms with Crippen molar-refractivity contribution < 1.29 is 19.7 Å². The quantitative estimate of drug-likeness (QED) is 0.272. The lowest BCUT2D eigenvalue weighted by atomic mass is 9.70. The van der Waals surface area contributed by atoms with E-state index in [0.717, 1.165) is 40.2 Å². The van der Waals surface area contributed by atoms with Gasteiger partial charge in [-0.25, -0.2) is 0 Å². The average molecular weight is 497 g/mol. The van der Waals surface area contributed by atoms with E-state index in [0.29, 0.717) is 13.0 Å². The molecule has 0 radical (unpaired) electrons. The van der Waals surface area contributed by atoms with Crippen LogP contribution in [0.4, 0.5) is 0 Å². The summed E-state index contributed by atoms with van der Waals surface area (Å²) < 4.78 is 12.7. The maximum absolute atomic E-state index is 10.9. The van der Waals surface area contributed by atoms with Gasteiger partial charge in [-0.1, -0.05) is 78.6 Å². The summed E-state index contributed by atoms with van der Waals surface area (Å²) in [5.41, 5.74) is 2.50. The van der Waals surface area contributed by atoms with Crippen LogP contribution in [-0.4, -0.2) is 16.8 Å². The zero-order valence-electron chi connectivity index (χ0n) is 23.5. The summed E-state index contributed by atoms with van der Waals surface area (Å²) in [6.07, 6.45) is 13.7. The van der Waals surface area contributed by atoms with Crippen molar-refractivity contribution in [2.75, 3.05) is 6.61 Å². The normalized spacial score (nSPS) is 18.5. The summed E-state index contributed by atoms with van der Waals surface area (Å²) >= 11 is 0. The molecule has 0 aliphatic carbocycles. The predicted octanol–water partition coefficient (Wildman–Crippen LogP) is 8.99. The van der Waals surface area contributed by atoms with E-state index < -0.39 is 5.60 Å². The summed E-state index contributed by atoms with van der Waals surface area (Å²) in [6.45, 7) is 13.2. The molecule has 200 valence electrons. The Morgan fingerprint density at radius 3 is 2.00 bits per heavy atom. The second-order valence-corrected chi connectivity index (χ2v) is 11.7. The summed E-state index contributed by atoms with van der Waals surface area (Å²) in [5, 5.41) is 21.2. The number of phenols is 2.